The first kappa shape index (κ1) is 12.3. The number of oxime groups is 1. The van der Waals surface area contributed by atoms with E-state index in [0.29, 0.717) is 18.4 Å². The van der Waals surface area contributed by atoms with Crippen molar-refractivity contribution in [3.63, 3.8) is 0 Å². The predicted molar refractivity (Wildman–Crippen MR) is 63.3 cm³/mol. The summed E-state index contributed by atoms with van der Waals surface area (Å²) in [5.74, 6) is -0.791. The van der Waals surface area contributed by atoms with Crippen LogP contribution in [0.3, 0.4) is 0 Å². The molecule has 4 N–H and O–H groups in total. The van der Waals surface area contributed by atoms with E-state index in [0.717, 1.165) is 0 Å². The van der Waals surface area contributed by atoms with Crippen molar-refractivity contribution in [3.8, 4) is 0 Å². The minimum atomic E-state index is -0.903. The number of nitrogens with zero attached hydrogens (tertiary/aromatic N) is 1. The maximum Gasteiger partial charge on any atom is 0.234 e. The highest BCUT2D eigenvalue weighted by Crippen LogP contribution is 2.46. The summed E-state index contributed by atoms with van der Waals surface area (Å²) in [5, 5.41) is 14.1. The number of amidine groups is 1. The van der Waals surface area contributed by atoms with E-state index in [1.165, 1.54) is 6.07 Å². The van der Waals surface area contributed by atoms with Crippen molar-refractivity contribution in [2.45, 2.75) is 19.4 Å². The van der Waals surface area contributed by atoms with E-state index in [1.807, 2.05) is 0 Å². The van der Waals surface area contributed by atoms with Crippen LogP contribution in [0.25, 0.3) is 0 Å². The first-order valence-electron chi connectivity index (χ1n) is 5.60. The van der Waals surface area contributed by atoms with Crippen LogP contribution in [0.15, 0.2) is 29.4 Å². The molecule has 1 amide bonds. The molecule has 0 radical (unpaired) electrons. The number of carbonyl (C=O) groups excluding carboxylic acids is 1. The molecule has 1 fully saturated rings. The van der Waals surface area contributed by atoms with Crippen molar-refractivity contribution >= 4 is 11.7 Å². The number of halogens is 1. The predicted octanol–water partition coefficient (Wildman–Crippen LogP) is 0.968. The molecule has 0 aromatic heterocycles. The lowest BCUT2D eigenvalue weighted by molar-refractivity contribution is -0.124. The number of rotatable bonds is 4. The van der Waals surface area contributed by atoms with E-state index in [2.05, 4.69) is 10.5 Å². The monoisotopic (exact) mass is 251 g/mol. The van der Waals surface area contributed by atoms with E-state index in [-0.39, 0.29) is 24.1 Å². The average molecular weight is 251 g/mol. The van der Waals surface area contributed by atoms with Crippen LogP contribution >= 0.6 is 0 Å². The average Bonchev–Trinajstić information content (AvgIpc) is 3.18. The summed E-state index contributed by atoms with van der Waals surface area (Å²) < 4.78 is 13.3. The molecule has 6 heteroatoms. The third kappa shape index (κ3) is 2.13. The number of carbonyl (C=O) groups is 1. The summed E-state index contributed by atoms with van der Waals surface area (Å²) in [6.45, 7) is 0.0893. The Balaban J connectivity index is 2.00. The number of nitrogens with two attached hydrogens (primary N) is 1. The molecule has 18 heavy (non-hydrogen) atoms. The van der Waals surface area contributed by atoms with Crippen LogP contribution in [0.5, 0.6) is 0 Å². The fraction of sp³-hybridized carbons (Fsp3) is 0.333. The SMILES string of the molecule is N/C(=N/O)C1(C(=O)NCc2ccccc2F)CC1. The Morgan fingerprint density at radius 1 is 1.50 bits per heavy atom. The van der Waals surface area contributed by atoms with Crippen molar-refractivity contribution in [3.05, 3.63) is 35.6 Å². The normalized spacial score (nSPS) is 17.3. The van der Waals surface area contributed by atoms with Gasteiger partial charge in [0.1, 0.15) is 11.2 Å². The van der Waals surface area contributed by atoms with Crippen LogP contribution in [-0.4, -0.2) is 17.0 Å². The van der Waals surface area contributed by atoms with Crippen LogP contribution in [0, 0.1) is 11.2 Å². The van der Waals surface area contributed by atoms with Crippen LogP contribution in [0.2, 0.25) is 0 Å². The van der Waals surface area contributed by atoms with Crippen molar-refractivity contribution in [2.75, 3.05) is 0 Å². The fourth-order valence-electron chi connectivity index (χ4n) is 1.81. The number of benzene rings is 1. The molecule has 0 bridgehead atoms. The summed E-state index contributed by atoms with van der Waals surface area (Å²) in [5.41, 5.74) is 4.98. The molecule has 1 aliphatic carbocycles. The summed E-state index contributed by atoms with van der Waals surface area (Å²) in [4.78, 5) is 11.9. The lowest BCUT2D eigenvalue weighted by atomic mass is 10.1. The zero-order chi connectivity index (χ0) is 13.2. The topological polar surface area (TPSA) is 87.7 Å². The molecule has 1 aromatic carbocycles. The highest BCUT2D eigenvalue weighted by Gasteiger charge is 2.54. The molecule has 0 aliphatic heterocycles. The van der Waals surface area contributed by atoms with Crippen molar-refractivity contribution < 1.29 is 14.4 Å². The molecule has 0 saturated heterocycles. The molecule has 0 spiro atoms. The van der Waals surface area contributed by atoms with E-state index in [4.69, 9.17) is 10.9 Å². The van der Waals surface area contributed by atoms with E-state index < -0.39 is 5.41 Å². The fourth-order valence-corrected chi connectivity index (χ4v) is 1.81. The molecule has 2 rings (SSSR count). The Kier molecular flexibility index (Phi) is 3.18. The van der Waals surface area contributed by atoms with Gasteiger partial charge in [-0.05, 0) is 18.9 Å². The van der Waals surface area contributed by atoms with Gasteiger partial charge in [0.05, 0.1) is 0 Å². The van der Waals surface area contributed by atoms with E-state index >= 15 is 0 Å². The Labute approximate surface area is 103 Å². The second-order valence-corrected chi connectivity index (χ2v) is 4.34. The first-order chi connectivity index (χ1) is 8.60. The van der Waals surface area contributed by atoms with Crippen LogP contribution in [-0.2, 0) is 11.3 Å². The maximum absolute atomic E-state index is 13.3. The zero-order valence-corrected chi connectivity index (χ0v) is 9.69. The smallest absolute Gasteiger partial charge is 0.234 e. The third-order valence-corrected chi connectivity index (χ3v) is 3.18. The first-order valence-corrected chi connectivity index (χ1v) is 5.60. The largest absolute Gasteiger partial charge is 0.409 e. The lowest BCUT2D eigenvalue weighted by Gasteiger charge is -2.13. The number of amides is 1. The van der Waals surface area contributed by atoms with Gasteiger partial charge in [0.15, 0.2) is 5.84 Å². The highest BCUT2D eigenvalue weighted by atomic mass is 19.1. The molecule has 1 aromatic rings. The molecule has 1 aliphatic rings. The van der Waals surface area contributed by atoms with Gasteiger partial charge in [-0.3, -0.25) is 4.79 Å². The highest BCUT2D eigenvalue weighted by molar-refractivity contribution is 6.09. The molecule has 1 saturated carbocycles. The van der Waals surface area contributed by atoms with Gasteiger partial charge in [0, 0.05) is 12.1 Å². The Morgan fingerprint density at radius 3 is 2.72 bits per heavy atom. The van der Waals surface area contributed by atoms with Crippen molar-refractivity contribution in [1.82, 2.24) is 5.32 Å². The summed E-state index contributed by atoms with van der Waals surface area (Å²) >= 11 is 0. The number of hydrogen-bond acceptors (Lipinski definition) is 3. The van der Waals surface area contributed by atoms with Crippen LogP contribution < -0.4 is 11.1 Å². The van der Waals surface area contributed by atoms with Crippen molar-refractivity contribution in [1.29, 1.82) is 0 Å². The maximum atomic E-state index is 13.3. The van der Waals surface area contributed by atoms with Crippen LogP contribution in [0.1, 0.15) is 18.4 Å². The molecule has 0 atom stereocenters. The van der Waals surface area contributed by atoms with Gasteiger partial charge in [-0.1, -0.05) is 23.4 Å². The Morgan fingerprint density at radius 2 is 2.17 bits per heavy atom. The van der Waals surface area contributed by atoms with Crippen molar-refractivity contribution in [2.24, 2.45) is 16.3 Å². The van der Waals surface area contributed by atoms with Gasteiger partial charge in [-0.2, -0.15) is 0 Å². The Bertz CT molecular complexity index is 498. The summed E-state index contributed by atoms with van der Waals surface area (Å²) in [6, 6.07) is 6.21. The van der Waals surface area contributed by atoms with E-state index in [9.17, 15) is 9.18 Å². The standard InChI is InChI=1S/C12H14FN3O2/c13-9-4-2-1-3-8(9)7-15-11(17)12(5-6-12)10(14)16-18/h1-4,18H,5-7H2,(H2,14,16)(H,15,17). The molecular formula is C12H14FN3O2. The summed E-state index contributed by atoms with van der Waals surface area (Å²) in [7, 11) is 0. The summed E-state index contributed by atoms with van der Waals surface area (Å²) in [6.07, 6.45) is 1.10. The second kappa shape index (κ2) is 4.64. The van der Waals surface area contributed by atoms with Gasteiger partial charge in [0.25, 0.3) is 0 Å². The molecule has 0 heterocycles. The minimum absolute atomic E-state index is 0.0893. The van der Waals surface area contributed by atoms with Gasteiger partial charge < -0.3 is 16.3 Å². The van der Waals surface area contributed by atoms with Gasteiger partial charge >= 0.3 is 0 Å². The Hall–Kier alpha value is -2.11. The second-order valence-electron chi connectivity index (χ2n) is 4.34. The quantitative estimate of drug-likeness (QED) is 0.322. The van der Waals surface area contributed by atoms with Crippen LogP contribution in [0.4, 0.5) is 4.39 Å². The minimum Gasteiger partial charge on any atom is -0.409 e. The van der Waals surface area contributed by atoms with Gasteiger partial charge in [-0.15, -0.1) is 0 Å². The number of hydrogen-bond donors (Lipinski definition) is 3. The van der Waals surface area contributed by atoms with Gasteiger partial charge in [0.2, 0.25) is 5.91 Å². The number of nitrogens with one attached hydrogen (secondary N) is 1. The third-order valence-electron chi connectivity index (χ3n) is 3.18. The lowest BCUT2D eigenvalue weighted by Crippen LogP contribution is -2.40. The molecular weight excluding hydrogens is 237 g/mol. The molecule has 0 unspecified atom stereocenters. The molecule has 5 nitrogen and oxygen atoms in total. The zero-order valence-electron chi connectivity index (χ0n) is 9.69. The molecule has 96 valence electrons. The van der Waals surface area contributed by atoms with Gasteiger partial charge in [-0.25, -0.2) is 4.39 Å². The van der Waals surface area contributed by atoms with E-state index in [1.54, 1.807) is 18.2 Å².